The van der Waals surface area contributed by atoms with Gasteiger partial charge < -0.3 is 15.4 Å². The fourth-order valence-corrected chi connectivity index (χ4v) is 2.51. The highest BCUT2D eigenvalue weighted by Gasteiger charge is 2.04. The Morgan fingerprint density at radius 1 is 1.08 bits per heavy atom. The molecule has 0 saturated heterocycles. The summed E-state index contributed by atoms with van der Waals surface area (Å²) in [5, 5.41) is 6.64. The Balaban J connectivity index is 1.49. The number of amides is 2. The molecule has 25 heavy (non-hydrogen) atoms. The first-order valence-corrected chi connectivity index (χ1v) is 8.22. The number of aryl methyl sites for hydroxylation is 2. The predicted molar refractivity (Wildman–Crippen MR) is 100 cm³/mol. The van der Waals surface area contributed by atoms with Gasteiger partial charge in [-0.05, 0) is 49.2 Å². The Hall–Kier alpha value is -3.08. The second-order valence-corrected chi connectivity index (χ2v) is 5.86. The van der Waals surface area contributed by atoms with Crippen LogP contribution in [0.3, 0.4) is 0 Å². The molecule has 1 heterocycles. The molecule has 3 aromatic rings. The summed E-state index contributed by atoms with van der Waals surface area (Å²) >= 11 is 0. The van der Waals surface area contributed by atoms with Crippen molar-refractivity contribution >= 4 is 22.6 Å². The number of nitrogens with zero attached hydrogens (tertiary/aromatic N) is 1. The molecule has 1 aromatic heterocycles. The van der Waals surface area contributed by atoms with E-state index in [-0.39, 0.29) is 6.03 Å². The molecular formula is C20H21N3O2. The molecule has 2 aromatic carbocycles. The van der Waals surface area contributed by atoms with Gasteiger partial charge in [0.1, 0.15) is 17.9 Å². The van der Waals surface area contributed by atoms with Gasteiger partial charge in [-0.2, -0.15) is 0 Å². The maximum absolute atomic E-state index is 11.9. The summed E-state index contributed by atoms with van der Waals surface area (Å²) in [6.07, 6.45) is 1.74. The summed E-state index contributed by atoms with van der Waals surface area (Å²) in [5.41, 5.74) is 3.94. The van der Waals surface area contributed by atoms with E-state index < -0.39 is 0 Å². The summed E-state index contributed by atoms with van der Waals surface area (Å²) < 4.78 is 5.75. The number of hydrogen-bond donors (Lipinski definition) is 2. The quantitative estimate of drug-likeness (QED) is 0.691. The zero-order valence-corrected chi connectivity index (χ0v) is 14.4. The van der Waals surface area contributed by atoms with Gasteiger partial charge in [-0.1, -0.05) is 24.3 Å². The average molecular weight is 335 g/mol. The molecule has 3 rings (SSSR count). The lowest BCUT2D eigenvalue weighted by Crippen LogP contribution is -2.32. The molecule has 0 aliphatic rings. The van der Waals surface area contributed by atoms with Gasteiger partial charge in [0.15, 0.2) is 0 Å². The minimum Gasteiger partial charge on any atom is -0.489 e. The molecule has 2 N–H and O–H groups in total. The number of rotatable bonds is 5. The molecular weight excluding hydrogens is 314 g/mol. The normalized spacial score (nSPS) is 10.5. The van der Waals surface area contributed by atoms with Crippen LogP contribution in [0, 0.1) is 13.8 Å². The van der Waals surface area contributed by atoms with Crippen molar-refractivity contribution in [3.8, 4) is 5.75 Å². The number of carbonyl (C=O) groups is 1. The van der Waals surface area contributed by atoms with Crippen molar-refractivity contribution in [1.29, 1.82) is 0 Å². The number of aromatic nitrogens is 1. The lowest BCUT2D eigenvalue weighted by atomic mass is 10.1. The molecule has 5 nitrogen and oxygen atoms in total. The Morgan fingerprint density at radius 3 is 2.76 bits per heavy atom. The highest BCUT2D eigenvalue weighted by molar-refractivity contribution is 5.89. The van der Waals surface area contributed by atoms with Crippen LogP contribution in [0.4, 0.5) is 10.5 Å². The van der Waals surface area contributed by atoms with Crippen LogP contribution in [0.15, 0.2) is 54.7 Å². The van der Waals surface area contributed by atoms with Gasteiger partial charge in [0.25, 0.3) is 0 Å². The molecule has 2 amide bonds. The van der Waals surface area contributed by atoms with E-state index >= 15 is 0 Å². The van der Waals surface area contributed by atoms with Crippen LogP contribution in [0.5, 0.6) is 5.75 Å². The molecule has 0 aliphatic carbocycles. The highest BCUT2D eigenvalue weighted by Crippen LogP contribution is 2.22. The van der Waals surface area contributed by atoms with Gasteiger partial charge in [0.2, 0.25) is 0 Å². The van der Waals surface area contributed by atoms with Gasteiger partial charge in [0.05, 0.1) is 6.54 Å². The Kier molecular flexibility index (Phi) is 5.14. The lowest BCUT2D eigenvalue weighted by molar-refractivity contribution is 0.247. The van der Waals surface area contributed by atoms with Gasteiger partial charge in [-0.25, -0.2) is 4.79 Å². The van der Waals surface area contributed by atoms with Crippen LogP contribution >= 0.6 is 0 Å². The summed E-state index contributed by atoms with van der Waals surface area (Å²) in [7, 11) is 0. The van der Waals surface area contributed by atoms with E-state index in [0.29, 0.717) is 13.2 Å². The number of ether oxygens (including phenoxy) is 1. The highest BCUT2D eigenvalue weighted by atomic mass is 16.5. The molecule has 128 valence electrons. The number of fused-ring (bicyclic) bond motifs is 1. The zero-order valence-electron chi connectivity index (χ0n) is 14.4. The number of pyridine rings is 1. The largest absolute Gasteiger partial charge is 0.489 e. The van der Waals surface area contributed by atoms with Crippen LogP contribution < -0.4 is 15.4 Å². The average Bonchev–Trinajstić information content (AvgIpc) is 2.62. The van der Waals surface area contributed by atoms with Crippen molar-refractivity contribution in [1.82, 2.24) is 10.3 Å². The number of urea groups is 1. The fourth-order valence-electron chi connectivity index (χ4n) is 2.51. The number of anilines is 1. The Labute approximate surface area is 147 Å². The van der Waals surface area contributed by atoms with Crippen LogP contribution in [0.25, 0.3) is 10.9 Å². The van der Waals surface area contributed by atoms with Gasteiger partial charge in [0, 0.05) is 17.3 Å². The van der Waals surface area contributed by atoms with Gasteiger partial charge in [-0.15, -0.1) is 0 Å². The number of benzene rings is 2. The third-order valence-electron chi connectivity index (χ3n) is 4.01. The molecule has 5 heteroatoms. The van der Waals surface area contributed by atoms with E-state index in [9.17, 15) is 4.79 Å². The smallest absolute Gasteiger partial charge is 0.319 e. The maximum atomic E-state index is 11.9. The van der Waals surface area contributed by atoms with E-state index in [4.69, 9.17) is 4.74 Å². The molecule has 0 unspecified atom stereocenters. The molecule has 0 saturated carbocycles. The van der Waals surface area contributed by atoms with Gasteiger partial charge in [-0.3, -0.25) is 4.98 Å². The summed E-state index contributed by atoms with van der Waals surface area (Å²) in [5.74, 6) is 0.717. The van der Waals surface area contributed by atoms with E-state index in [2.05, 4.69) is 15.6 Å². The molecule has 0 radical (unpaired) electrons. The molecule has 0 aliphatic heterocycles. The van der Waals surface area contributed by atoms with Crippen molar-refractivity contribution < 1.29 is 9.53 Å². The van der Waals surface area contributed by atoms with Crippen LogP contribution in [-0.2, 0) is 0 Å². The Bertz CT molecular complexity index is 888. The fraction of sp³-hybridized carbons (Fsp3) is 0.200. The lowest BCUT2D eigenvalue weighted by Gasteiger charge is -2.11. The molecule has 0 atom stereocenters. The van der Waals surface area contributed by atoms with Crippen LogP contribution in [-0.4, -0.2) is 24.2 Å². The first-order valence-electron chi connectivity index (χ1n) is 8.22. The van der Waals surface area contributed by atoms with Crippen molar-refractivity contribution in [2.24, 2.45) is 0 Å². The maximum Gasteiger partial charge on any atom is 0.319 e. The first kappa shape index (κ1) is 16.8. The Morgan fingerprint density at radius 2 is 1.92 bits per heavy atom. The van der Waals surface area contributed by atoms with Crippen molar-refractivity contribution in [2.75, 3.05) is 18.5 Å². The molecule has 0 fully saturated rings. The summed E-state index contributed by atoms with van der Waals surface area (Å²) in [4.78, 5) is 16.3. The predicted octanol–water partition coefficient (Wildman–Crippen LogP) is 4.05. The second kappa shape index (κ2) is 7.66. The van der Waals surface area contributed by atoms with E-state index in [1.807, 2.05) is 62.4 Å². The van der Waals surface area contributed by atoms with Crippen molar-refractivity contribution in [3.05, 3.63) is 65.9 Å². The topological polar surface area (TPSA) is 63.2 Å². The second-order valence-electron chi connectivity index (χ2n) is 5.86. The van der Waals surface area contributed by atoms with Gasteiger partial charge >= 0.3 is 6.03 Å². The number of nitrogens with one attached hydrogen (secondary N) is 2. The number of hydrogen-bond acceptors (Lipinski definition) is 3. The monoisotopic (exact) mass is 335 g/mol. The third-order valence-corrected chi connectivity index (χ3v) is 4.01. The van der Waals surface area contributed by atoms with Crippen LogP contribution in [0.1, 0.15) is 11.1 Å². The first-order chi connectivity index (χ1) is 12.1. The van der Waals surface area contributed by atoms with E-state index in [0.717, 1.165) is 27.9 Å². The van der Waals surface area contributed by atoms with E-state index in [1.54, 1.807) is 6.20 Å². The SMILES string of the molecule is Cc1ccc(NC(=O)NCCOc2cccc3cccnc23)cc1C. The number of carbonyl (C=O) groups excluding carboxylic acids is 1. The summed E-state index contributed by atoms with van der Waals surface area (Å²) in [6.45, 7) is 4.83. The third kappa shape index (κ3) is 4.26. The molecule has 0 bridgehead atoms. The number of para-hydroxylation sites is 1. The van der Waals surface area contributed by atoms with Crippen molar-refractivity contribution in [3.63, 3.8) is 0 Å². The van der Waals surface area contributed by atoms with E-state index in [1.165, 1.54) is 5.56 Å². The van der Waals surface area contributed by atoms with Crippen molar-refractivity contribution in [2.45, 2.75) is 13.8 Å². The minimum atomic E-state index is -0.247. The standard InChI is InChI=1S/C20H21N3O2/c1-14-8-9-17(13-15(14)2)23-20(24)22-11-12-25-18-7-3-5-16-6-4-10-21-19(16)18/h3-10,13H,11-12H2,1-2H3,(H2,22,23,24). The zero-order chi connectivity index (χ0) is 17.6. The summed E-state index contributed by atoms with van der Waals surface area (Å²) in [6, 6.07) is 15.3. The van der Waals surface area contributed by atoms with Crippen LogP contribution in [0.2, 0.25) is 0 Å². The minimum absolute atomic E-state index is 0.247. The molecule has 0 spiro atoms.